The first-order valence-corrected chi connectivity index (χ1v) is 8.32. The Balaban J connectivity index is 2.06. The van der Waals surface area contributed by atoms with E-state index in [-0.39, 0.29) is 0 Å². The van der Waals surface area contributed by atoms with E-state index in [1.807, 2.05) is 18.4 Å². The molecule has 22 heavy (non-hydrogen) atoms. The van der Waals surface area contributed by atoms with Gasteiger partial charge in [0.25, 0.3) is 0 Å². The van der Waals surface area contributed by atoms with Gasteiger partial charge in [-0.3, -0.25) is 0 Å². The Hall–Kier alpha value is -1.47. The molecule has 3 aromatic rings. The third-order valence-corrected chi connectivity index (χ3v) is 4.78. The first-order valence-electron chi connectivity index (χ1n) is 6.27. The number of halogens is 2. The number of rotatable bonds is 3. The van der Waals surface area contributed by atoms with Crippen LogP contribution in [-0.2, 0) is 0 Å². The Morgan fingerprint density at radius 1 is 1.36 bits per heavy atom. The summed E-state index contributed by atoms with van der Waals surface area (Å²) in [6, 6.07) is 7.24. The lowest BCUT2D eigenvalue weighted by Crippen LogP contribution is -1.95. The molecule has 0 aliphatic heterocycles. The van der Waals surface area contributed by atoms with Crippen LogP contribution in [0.3, 0.4) is 0 Å². The van der Waals surface area contributed by atoms with Gasteiger partial charge in [-0.15, -0.1) is 11.3 Å². The SMILES string of the molecule is Cc1ccsc1/C=N\n1c(-c2ccc(Cl)cc2Cl)n[nH]c1=S. The summed E-state index contributed by atoms with van der Waals surface area (Å²) in [5.41, 5.74) is 1.87. The Kier molecular flexibility index (Phi) is 4.44. The molecule has 0 bridgehead atoms. The Morgan fingerprint density at radius 3 is 2.86 bits per heavy atom. The number of thiophene rings is 1. The molecule has 2 heterocycles. The molecule has 112 valence electrons. The molecule has 3 rings (SSSR count). The van der Waals surface area contributed by atoms with Crippen molar-refractivity contribution in [2.45, 2.75) is 6.92 Å². The molecule has 2 aromatic heterocycles. The fraction of sp³-hybridized carbons (Fsp3) is 0.0714. The lowest BCUT2D eigenvalue weighted by Gasteiger charge is -2.03. The number of H-pyrrole nitrogens is 1. The van der Waals surface area contributed by atoms with Crippen LogP contribution in [0.2, 0.25) is 10.0 Å². The average Bonchev–Trinajstić information content (AvgIpc) is 3.03. The highest BCUT2D eigenvalue weighted by atomic mass is 35.5. The van der Waals surface area contributed by atoms with Crippen molar-refractivity contribution < 1.29 is 0 Å². The zero-order valence-corrected chi connectivity index (χ0v) is 14.5. The van der Waals surface area contributed by atoms with Gasteiger partial charge >= 0.3 is 0 Å². The number of nitrogens with one attached hydrogen (secondary N) is 1. The second-order valence-electron chi connectivity index (χ2n) is 4.50. The summed E-state index contributed by atoms with van der Waals surface area (Å²) in [7, 11) is 0. The number of benzene rings is 1. The van der Waals surface area contributed by atoms with Crippen molar-refractivity contribution in [1.82, 2.24) is 14.9 Å². The quantitative estimate of drug-likeness (QED) is 0.512. The van der Waals surface area contributed by atoms with Crippen molar-refractivity contribution in [3.8, 4) is 11.4 Å². The molecule has 4 nitrogen and oxygen atoms in total. The monoisotopic (exact) mass is 368 g/mol. The Labute approximate surface area is 146 Å². The van der Waals surface area contributed by atoms with Crippen molar-refractivity contribution in [2.75, 3.05) is 0 Å². The Bertz CT molecular complexity index is 908. The molecule has 1 aromatic carbocycles. The fourth-order valence-electron chi connectivity index (χ4n) is 1.87. The van der Waals surface area contributed by atoms with Crippen LogP contribution in [0.25, 0.3) is 11.4 Å². The second kappa shape index (κ2) is 6.34. The van der Waals surface area contributed by atoms with Gasteiger partial charge in [0.05, 0.1) is 16.1 Å². The van der Waals surface area contributed by atoms with Gasteiger partial charge in [0, 0.05) is 10.6 Å². The van der Waals surface area contributed by atoms with E-state index in [1.54, 1.807) is 40.4 Å². The maximum atomic E-state index is 6.23. The predicted molar refractivity (Wildman–Crippen MR) is 94.9 cm³/mol. The summed E-state index contributed by atoms with van der Waals surface area (Å²) < 4.78 is 1.94. The number of nitrogens with zero attached hydrogens (tertiary/aromatic N) is 3. The normalized spacial score (nSPS) is 11.4. The molecule has 0 atom stereocenters. The fourth-order valence-corrected chi connectivity index (χ4v) is 3.32. The third kappa shape index (κ3) is 3.01. The highest BCUT2D eigenvalue weighted by Crippen LogP contribution is 2.29. The van der Waals surface area contributed by atoms with Gasteiger partial charge < -0.3 is 0 Å². The summed E-state index contributed by atoms with van der Waals surface area (Å²) >= 11 is 19.0. The molecular formula is C14H10Cl2N4S2. The molecule has 0 spiro atoms. The maximum Gasteiger partial charge on any atom is 0.216 e. The van der Waals surface area contributed by atoms with Crippen LogP contribution < -0.4 is 0 Å². The smallest absolute Gasteiger partial charge is 0.216 e. The van der Waals surface area contributed by atoms with Crippen LogP contribution >= 0.6 is 46.8 Å². The van der Waals surface area contributed by atoms with Crippen molar-refractivity contribution in [3.63, 3.8) is 0 Å². The predicted octanol–water partition coefficient (Wildman–Crippen LogP) is 5.17. The van der Waals surface area contributed by atoms with E-state index in [4.69, 9.17) is 35.4 Å². The van der Waals surface area contributed by atoms with Gasteiger partial charge in [-0.25, -0.2) is 5.10 Å². The zero-order chi connectivity index (χ0) is 15.7. The van der Waals surface area contributed by atoms with Crippen LogP contribution in [0.1, 0.15) is 10.4 Å². The zero-order valence-electron chi connectivity index (χ0n) is 11.4. The van der Waals surface area contributed by atoms with Gasteiger partial charge in [0.1, 0.15) is 0 Å². The first kappa shape index (κ1) is 15.4. The van der Waals surface area contributed by atoms with Crippen LogP contribution in [0, 0.1) is 11.7 Å². The summed E-state index contributed by atoms with van der Waals surface area (Å²) in [5.74, 6) is 0.539. The van der Waals surface area contributed by atoms with E-state index < -0.39 is 0 Å². The van der Waals surface area contributed by atoms with E-state index in [0.717, 1.165) is 10.4 Å². The van der Waals surface area contributed by atoms with E-state index in [2.05, 4.69) is 15.3 Å². The number of hydrogen-bond donors (Lipinski definition) is 1. The summed E-state index contributed by atoms with van der Waals surface area (Å²) in [6.45, 7) is 2.03. The minimum Gasteiger partial charge on any atom is -0.250 e. The van der Waals surface area contributed by atoms with E-state index >= 15 is 0 Å². The minimum atomic E-state index is 0.395. The molecule has 0 aliphatic carbocycles. The second-order valence-corrected chi connectivity index (χ2v) is 6.68. The van der Waals surface area contributed by atoms with Crippen LogP contribution in [0.5, 0.6) is 0 Å². The number of hydrogen-bond acceptors (Lipinski definition) is 4. The van der Waals surface area contributed by atoms with Gasteiger partial charge in [0.2, 0.25) is 4.77 Å². The number of aromatic nitrogens is 3. The molecule has 0 saturated heterocycles. The van der Waals surface area contributed by atoms with Crippen LogP contribution in [0.4, 0.5) is 0 Å². The van der Waals surface area contributed by atoms with E-state index in [9.17, 15) is 0 Å². The highest BCUT2D eigenvalue weighted by Gasteiger charge is 2.12. The summed E-state index contributed by atoms with van der Waals surface area (Å²) in [6.07, 6.45) is 1.76. The standard InChI is InChI=1S/C14H10Cl2N4S2/c1-8-4-5-22-12(8)7-17-20-13(18-19-14(20)21)10-3-2-9(15)6-11(10)16/h2-7H,1H3,(H,19,21)/b17-7-. The summed E-state index contributed by atoms with van der Waals surface area (Å²) in [5, 5.41) is 14.4. The molecular weight excluding hydrogens is 359 g/mol. The molecule has 0 amide bonds. The van der Waals surface area contributed by atoms with Crippen LogP contribution in [-0.4, -0.2) is 21.1 Å². The van der Waals surface area contributed by atoms with E-state index in [1.165, 1.54) is 0 Å². The number of aryl methyl sites for hydroxylation is 1. The summed E-state index contributed by atoms with van der Waals surface area (Å²) in [4.78, 5) is 1.07. The molecule has 0 radical (unpaired) electrons. The molecule has 8 heteroatoms. The largest absolute Gasteiger partial charge is 0.250 e. The third-order valence-electron chi connectivity index (χ3n) is 3.01. The van der Waals surface area contributed by atoms with Gasteiger partial charge in [-0.05, 0) is 54.4 Å². The molecule has 1 N–H and O–H groups in total. The van der Waals surface area contributed by atoms with Crippen molar-refractivity contribution in [3.05, 3.63) is 54.9 Å². The van der Waals surface area contributed by atoms with Crippen LogP contribution in [0.15, 0.2) is 34.7 Å². The van der Waals surface area contributed by atoms with Crippen molar-refractivity contribution >= 4 is 53.0 Å². The molecule has 0 unspecified atom stereocenters. The van der Waals surface area contributed by atoms with Crippen molar-refractivity contribution in [1.29, 1.82) is 0 Å². The topological polar surface area (TPSA) is 46.0 Å². The lowest BCUT2D eigenvalue weighted by atomic mass is 10.2. The van der Waals surface area contributed by atoms with Gasteiger partial charge in [-0.2, -0.15) is 14.9 Å². The Morgan fingerprint density at radius 2 is 2.18 bits per heavy atom. The lowest BCUT2D eigenvalue weighted by molar-refractivity contribution is 0.872. The molecule has 0 fully saturated rings. The first-order chi connectivity index (χ1) is 10.6. The number of aromatic amines is 1. The van der Waals surface area contributed by atoms with Gasteiger partial charge in [-0.1, -0.05) is 23.2 Å². The van der Waals surface area contributed by atoms with Gasteiger partial charge in [0.15, 0.2) is 5.82 Å². The average molecular weight is 369 g/mol. The maximum absolute atomic E-state index is 6.23. The highest BCUT2D eigenvalue weighted by molar-refractivity contribution is 7.71. The minimum absolute atomic E-state index is 0.395. The molecule has 0 saturated carbocycles. The van der Waals surface area contributed by atoms with Crippen molar-refractivity contribution in [2.24, 2.45) is 5.10 Å². The van der Waals surface area contributed by atoms with E-state index in [0.29, 0.717) is 26.2 Å². The molecule has 0 aliphatic rings.